The highest BCUT2D eigenvalue weighted by molar-refractivity contribution is 9.10. The van der Waals surface area contributed by atoms with Crippen LogP contribution >= 0.6 is 15.9 Å². The molecule has 5 nitrogen and oxygen atoms in total. The SMILES string of the molecule is CNc1ccc(S(=O)(=O)Nc2cc(Br)c(F)cc2C)cn1. The van der Waals surface area contributed by atoms with E-state index in [1.165, 1.54) is 24.4 Å². The largest absolute Gasteiger partial charge is 0.373 e. The standard InChI is InChI=1S/C13H13BrFN3O2S/c1-8-5-11(15)10(14)6-12(8)18-21(19,20)9-3-4-13(16-2)17-7-9/h3-7,18H,1-2H3,(H,16,17). The van der Waals surface area contributed by atoms with Crippen LogP contribution in [0.2, 0.25) is 0 Å². The molecule has 112 valence electrons. The molecule has 0 saturated heterocycles. The molecule has 1 aromatic carbocycles. The van der Waals surface area contributed by atoms with Gasteiger partial charge in [-0.25, -0.2) is 17.8 Å². The maximum absolute atomic E-state index is 13.4. The number of rotatable bonds is 4. The monoisotopic (exact) mass is 373 g/mol. The van der Waals surface area contributed by atoms with Crippen molar-refractivity contribution in [2.45, 2.75) is 11.8 Å². The summed E-state index contributed by atoms with van der Waals surface area (Å²) >= 11 is 3.03. The van der Waals surface area contributed by atoms with Crippen LogP contribution < -0.4 is 10.0 Å². The summed E-state index contributed by atoms with van der Waals surface area (Å²) in [4.78, 5) is 3.99. The Morgan fingerprint density at radius 2 is 2.00 bits per heavy atom. The van der Waals surface area contributed by atoms with Gasteiger partial charge in [-0.1, -0.05) is 0 Å². The lowest BCUT2D eigenvalue weighted by Gasteiger charge is -2.11. The van der Waals surface area contributed by atoms with E-state index in [0.29, 0.717) is 17.1 Å². The minimum absolute atomic E-state index is 0.0290. The van der Waals surface area contributed by atoms with E-state index < -0.39 is 15.8 Å². The van der Waals surface area contributed by atoms with Crippen LogP contribution in [0.4, 0.5) is 15.9 Å². The van der Waals surface area contributed by atoms with Gasteiger partial charge in [-0.2, -0.15) is 0 Å². The van der Waals surface area contributed by atoms with E-state index in [9.17, 15) is 12.8 Å². The van der Waals surface area contributed by atoms with Gasteiger partial charge in [0.1, 0.15) is 16.5 Å². The molecular weight excluding hydrogens is 361 g/mol. The number of anilines is 2. The van der Waals surface area contributed by atoms with Gasteiger partial charge < -0.3 is 5.32 Å². The molecular formula is C13H13BrFN3O2S. The zero-order valence-electron chi connectivity index (χ0n) is 11.3. The average Bonchev–Trinajstić information content (AvgIpc) is 2.44. The highest BCUT2D eigenvalue weighted by Crippen LogP contribution is 2.26. The minimum Gasteiger partial charge on any atom is -0.373 e. The molecule has 1 heterocycles. The van der Waals surface area contributed by atoms with Crippen molar-refractivity contribution < 1.29 is 12.8 Å². The van der Waals surface area contributed by atoms with E-state index in [1.807, 2.05) is 0 Å². The molecule has 2 N–H and O–H groups in total. The predicted molar refractivity (Wildman–Crippen MR) is 83.4 cm³/mol. The number of hydrogen-bond donors (Lipinski definition) is 2. The molecule has 8 heteroatoms. The van der Waals surface area contributed by atoms with Crippen molar-refractivity contribution in [2.24, 2.45) is 0 Å². The summed E-state index contributed by atoms with van der Waals surface area (Å²) < 4.78 is 40.5. The topological polar surface area (TPSA) is 71.1 Å². The summed E-state index contributed by atoms with van der Waals surface area (Å²) in [6.07, 6.45) is 1.25. The number of nitrogens with one attached hydrogen (secondary N) is 2. The second-order valence-electron chi connectivity index (χ2n) is 4.32. The first-order valence-electron chi connectivity index (χ1n) is 5.96. The summed E-state index contributed by atoms with van der Waals surface area (Å²) in [6, 6.07) is 5.64. The number of aryl methyl sites for hydroxylation is 1. The molecule has 2 aromatic rings. The molecule has 0 radical (unpaired) electrons. The van der Waals surface area contributed by atoms with E-state index >= 15 is 0 Å². The first kappa shape index (κ1) is 15.7. The Kier molecular flexibility index (Phi) is 4.48. The molecule has 0 amide bonds. The van der Waals surface area contributed by atoms with Crippen molar-refractivity contribution in [3.05, 3.63) is 46.3 Å². The van der Waals surface area contributed by atoms with Crippen LogP contribution in [0.5, 0.6) is 0 Å². The van der Waals surface area contributed by atoms with Gasteiger partial charge in [0.05, 0.1) is 10.2 Å². The Morgan fingerprint density at radius 1 is 1.29 bits per heavy atom. The number of benzene rings is 1. The van der Waals surface area contributed by atoms with Crippen LogP contribution in [-0.4, -0.2) is 20.4 Å². The highest BCUT2D eigenvalue weighted by atomic mass is 79.9. The molecule has 1 aromatic heterocycles. The highest BCUT2D eigenvalue weighted by Gasteiger charge is 2.17. The molecule has 0 bridgehead atoms. The van der Waals surface area contributed by atoms with Gasteiger partial charge in [-0.05, 0) is 52.7 Å². The predicted octanol–water partition coefficient (Wildman–Crippen LogP) is 3.13. The first-order valence-corrected chi connectivity index (χ1v) is 8.23. The quantitative estimate of drug-likeness (QED) is 0.863. The smallest absolute Gasteiger partial charge is 0.263 e. The fraction of sp³-hybridized carbons (Fsp3) is 0.154. The Balaban J connectivity index is 2.34. The fourth-order valence-electron chi connectivity index (χ4n) is 1.65. The van der Waals surface area contributed by atoms with Gasteiger partial charge in [0.25, 0.3) is 10.0 Å². The number of sulfonamides is 1. The van der Waals surface area contributed by atoms with Gasteiger partial charge in [-0.15, -0.1) is 0 Å². The molecule has 0 aliphatic carbocycles. The van der Waals surface area contributed by atoms with Gasteiger partial charge in [0.15, 0.2) is 0 Å². The van der Waals surface area contributed by atoms with Crippen molar-refractivity contribution in [1.82, 2.24) is 4.98 Å². The Morgan fingerprint density at radius 3 is 2.57 bits per heavy atom. The number of hydrogen-bond acceptors (Lipinski definition) is 4. The van der Waals surface area contributed by atoms with Crippen LogP contribution in [0.25, 0.3) is 0 Å². The number of nitrogens with zero attached hydrogens (tertiary/aromatic N) is 1. The molecule has 0 unspecified atom stereocenters. The van der Waals surface area contributed by atoms with Gasteiger partial charge in [0.2, 0.25) is 0 Å². The van der Waals surface area contributed by atoms with Crippen molar-refractivity contribution >= 4 is 37.5 Å². The van der Waals surface area contributed by atoms with Crippen LogP contribution in [0.15, 0.2) is 39.8 Å². The van der Waals surface area contributed by atoms with Crippen molar-refractivity contribution in [2.75, 3.05) is 17.1 Å². The van der Waals surface area contributed by atoms with E-state index in [0.717, 1.165) is 0 Å². The Bertz CT molecular complexity index is 764. The summed E-state index contributed by atoms with van der Waals surface area (Å²) in [5.41, 5.74) is 0.792. The maximum atomic E-state index is 13.4. The van der Waals surface area contributed by atoms with Crippen LogP contribution in [-0.2, 0) is 10.0 Å². The van der Waals surface area contributed by atoms with Crippen molar-refractivity contribution in [3.8, 4) is 0 Å². The van der Waals surface area contributed by atoms with Crippen molar-refractivity contribution in [1.29, 1.82) is 0 Å². The van der Waals surface area contributed by atoms with Crippen LogP contribution in [0.1, 0.15) is 5.56 Å². The molecule has 0 saturated carbocycles. The van der Waals surface area contributed by atoms with Gasteiger partial charge in [-0.3, -0.25) is 4.72 Å². The minimum atomic E-state index is -3.77. The Hall–Kier alpha value is -1.67. The molecule has 21 heavy (non-hydrogen) atoms. The molecule has 0 fully saturated rings. The van der Waals surface area contributed by atoms with Gasteiger partial charge >= 0.3 is 0 Å². The molecule has 0 spiro atoms. The number of pyridine rings is 1. The third kappa shape index (κ3) is 3.51. The summed E-state index contributed by atoms with van der Waals surface area (Å²) in [5.74, 6) is 0.116. The van der Waals surface area contributed by atoms with Crippen LogP contribution in [0, 0.1) is 12.7 Å². The number of aromatic nitrogens is 1. The van der Waals surface area contributed by atoms with Crippen molar-refractivity contribution in [3.63, 3.8) is 0 Å². The summed E-state index contributed by atoms with van der Waals surface area (Å²) in [7, 11) is -2.09. The van der Waals surface area contributed by atoms with E-state index in [1.54, 1.807) is 20.0 Å². The summed E-state index contributed by atoms with van der Waals surface area (Å²) in [5, 5.41) is 2.80. The lowest BCUT2D eigenvalue weighted by molar-refractivity contribution is 0.600. The molecule has 0 atom stereocenters. The molecule has 0 aliphatic rings. The second kappa shape index (κ2) is 5.98. The molecule has 0 aliphatic heterocycles. The Labute approximate surface area is 130 Å². The van der Waals surface area contributed by atoms with E-state index in [4.69, 9.17) is 0 Å². The third-order valence-electron chi connectivity index (χ3n) is 2.81. The lowest BCUT2D eigenvalue weighted by Crippen LogP contribution is -2.14. The lowest BCUT2D eigenvalue weighted by atomic mass is 10.2. The number of halogens is 2. The summed E-state index contributed by atoms with van der Waals surface area (Å²) in [6.45, 7) is 1.62. The zero-order chi connectivity index (χ0) is 15.6. The second-order valence-corrected chi connectivity index (χ2v) is 6.85. The average molecular weight is 374 g/mol. The van der Waals surface area contributed by atoms with Gasteiger partial charge in [0, 0.05) is 13.2 Å². The zero-order valence-corrected chi connectivity index (χ0v) is 13.7. The first-order chi connectivity index (χ1) is 9.83. The maximum Gasteiger partial charge on any atom is 0.263 e. The van der Waals surface area contributed by atoms with E-state index in [2.05, 4.69) is 31.0 Å². The molecule has 2 rings (SSSR count). The van der Waals surface area contributed by atoms with E-state index in [-0.39, 0.29) is 9.37 Å². The third-order valence-corrected chi connectivity index (χ3v) is 4.77. The fourth-order valence-corrected chi connectivity index (χ4v) is 3.06. The van der Waals surface area contributed by atoms with Crippen LogP contribution in [0.3, 0.4) is 0 Å². The normalized spacial score (nSPS) is 11.2.